The quantitative estimate of drug-likeness (QED) is 0.903. The van der Waals surface area contributed by atoms with Crippen LogP contribution in [0.4, 0.5) is 4.39 Å². The Kier molecular flexibility index (Phi) is 4.19. The maximum absolute atomic E-state index is 13.7. The van der Waals surface area contributed by atoms with Crippen LogP contribution in [0.15, 0.2) is 22.7 Å². The number of benzene rings is 1. The van der Waals surface area contributed by atoms with Crippen molar-refractivity contribution in [2.45, 2.75) is 12.8 Å². The Bertz CT molecular complexity index is 517. The third-order valence-corrected chi connectivity index (χ3v) is 3.44. The summed E-state index contributed by atoms with van der Waals surface area (Å²) in [5.74, 6) is -1.96. The van der Waals surface area contributed by atoms with Gasteiger partial charge >= 0.3 is 5.97 Å². The zero-order valence-electron chi connectivity index (χ0n) is 10.1. The molecule has 1 N–H and O–H groups in total. The second kappa shape index (κ2) is 5.69. The average molecular weight is 330 g/mol. The van der Waals surface area contributed by atoms with Gasteiger partial charge in [0.2, 0.25) is 0 Å². The van der Waals surface area contributed by atoms with E-state index in [9.17, 15) is 14.0 Å². The molecule has 0 saturated heterocycles. The Hall–Kier alpha value is -1.43. The van der Waals surface area contributed by atoms with E-state index in [1.165, 1.54) is 17.0 Å². The number of rotatable bonds is 5. The standard InChI is InChI=1S/C13H13BrFNO3/c14-9-3-4-10(11(15)5-9)13(19)16(7-12(17)18)6-8-1-2-8/h3-5,8H,1-2,6-7H2,(H,17,18). The molecule has 6 heteroatoms. The second-order valence-electron chi connectivity index (χ2n) is 4.65. The fourth-order valence-corrected chi connectivity index (χ4v) is 2.16. The van der Waals surface area contributed by atoms with Crippen molar-refractivity contribution in [1.82, 2.24) is 4.90 Å². The highest BCUT2D eigenvalue weighted by Gasteiger charge is 2.29. The number of aliphatic carboxylic acids is 1. The third kappa shape index (κ3) is 3.76. The molecule has 0 bridgehead atoms. The fraction of sp³-hybridized carbons (Fsp3) is 0.385. The van der Waals surface area contributed by atoms with E-state index in [1.807, 2.05) is 0 Å². The summed E-state index contributed by atoms with van der Waals surface area (Å²) >= 11 is 3.11. The molecule has 0 aliphatic heterocycles. The van der Waals surface area contributed by atoms with Gasteiger partial charge in [-0.25, -0.2) is 4.39 Å². The van der Waals surface area contributed by atoms with Gasteiger partial charge in [-0.15, -0.1) is 0 Å². The van der Waals surface area contributed by atoms with E-state index < -0.39 is 24.2 Å². The van der Waals surface area contributed by atoms with Crippen LogP contribution in [0.1, 0.15) is 23.2 Å². The molecule has 1 aromatic carbocycles. The second-order valence-corrected chi connectivity index (χ2v) is 5.56. The highest BCUT2D eigenvalue weighted by Crippen LogP contribution is 2.30. The van der Waals surface area contributed by atoms with Crippen molar-refractivity contribution in [3.8, 4) is 0 Å². The summed E-state index contributed by atoms with van der Waals surface area (Å²) in [6.45, 7) is -0.0223. The Morgan fingerprint density at radius 3 is 2.63 bits per heavy atom. The van der Waals surface area contributed by atoms with Crippen molar-refractivity contribution in [3.05, 3.63) is 34.1 Å². The molecule has 1 aromatic rings. The average Bonchev–Trinajstić information content (AvgIpc) is 3.10. The lowest BCUT2D eigenvalue weighted by Crippen LogP contribution is -2.37. The minimum absolute atomic E-state index is 0.0925. The molecule has 0 atom stereocenters. The van der Waals surface area contributed by atoms with E-state index in [-0.39, 0.29) is 5.56 Å². The summed E-state index contributed by atoms with van der Waals surface area (Å²) in [6, 6.07) is 4.12. The lowest BCUT2D eigenvalue weighted by Gasteiger charge is -2.20. The summed E-state index contributed by atoms with van der Waals surface area (Å²) in [4.78, 5) is 24.2. The van der Waals surface area contributed by atoms with Crippen LogP contribution >= 0.6 is 15.9 Å². The summed E-state index contributed by atoms with van der Waals surface area (Å²) in [5.41, 5.74) is -0.0925. The van der Waals surface area contributed by atoms with Crippen LogP contribution in [0, 0.1) is 11.7 Å². The fourth-order valence-electron chi connectivity index (χ4n) is 1.83. The Morgan fingerprint density at radius 1 is 1.42 bits per heavy atom. The van der Waals surface area contributed by atoms with Gasteiger partial charge in [0.1, 0.15) is 12.4 Å². The molecule has 1 aliphatic carbocycles. The predicted octanol–water partition coefficient (Wildman–Crippen LogP) is 2.53. The molecule has 102 valence electrons. The van der Waals surface area contributed by atoms with Gasteiger partial charge in [-0.05, 0) is 37.0 Å². The molecule has 0 aromatic heterocycles. The highest BCUT2D eigenvalue weighted by atomic mass is 79.9. The molecule has 1 fully saturated rings. The maximum Gasteiger partial charge on any atom is 0.323 e. The van der Waals surface area contributed by atoms with Crippen LogP contribution in [0.25, 0.3) is 0 Å². The molecule has 4 nitrogen and oxygen atoms in total. The van der Waals surface area contributed by atoms with E-state index in [1.54, 1.807) is 6.07 Å². The van der Waals surface area contributed by atoms with Crippen LogP contribution in [0.3, 0.4) is 0 Å². The number of amides is 1. The minimum Gasteiger partial charge on any atom is -0.480 e. The van der Waals surface area contributed by atoms with Crippen molar-refractivity contribution in [2.75, 3.05) is 13.1 Å². The molecule has 1 saturated carbocycles. The van der Waals surface area contributed by atoms with Gasteiger partial charge < -0.3 is 10.0 Å². The summed E-state index contributed by atoms with van der Waals surface area (Å²) in [5, 5.41) is 8.83. The third-order valence-electron chi connectivity index (χ3n) is 2.95. The smallest absolute Gasteiger partial charge is 0.323 e. The van der Waals surface area contributed by atoms with E-state index in [4.69, 9.17) is 5.11 Å². The zero-order valence-corrected chi connectivity index (χ0v) is 11.7. The molecular formula is C13H13BrFNO3. The predicted molar refractivity (Wildman–Crippen MR) is 70.4 cm³/mol. The zero-order chi connectivity index (χ0) is 14.0. The van der Waals surface area contributed by atoms with Gasteiger partial charge in [0.05, 0.1) is 5.56 Å². The number of carbonyl (C=O) groups is 2. The molecule has 1 amide bonds. The topological polar surface area (TPSA) is 57.6 Å². The van der Waals surface area contributed by atoms with Crippen molar-refractivity contribution in [1.29, 1.82) is 0 Å². The lowest BCUT2D eigenvalue weighted by atomic mass is 10.1. The molecule has 0 heterocycles. The molecule has 1 aliphatic rings. The maximum atomic E-state index is 13.7. The normalized spacial score (nSPS) is 14.2. The Labute approximate surface area is 118 Å². The van der Waals surface area contributed by atoms with Gasteiger partial charge in [-0.1, -0.05) is 15.9 Å². The van der Waals surface area contributed by atoms with Gasteiger partial charge in [0, 0.05) is 11.0 Å². The lowest BCUT2D eigenvalue weighted by molar-refractivity contribution is -0.137. The molecule has 0 spiro atoms. The van der Waals surface area contributed by atoms with Crippen LogP contribution in [0.2, 0.25) is 0 Å². The molecule has 0 unspecified atom stereocenters. The Balaban J connectivity index is 2.19. The van der Waals surface area contributed by atoms with Crippen LogP contribution < -0.4 is 0 Å². The molecule has 0 radical (unpaired) electrons. The van der Waals surface area contributed by atoms with Crippen molar-refractivity contribution >= 4 is 27.8 Å². The molecule has 2 rings (SSSR count). The van der Waals surface area contributed by atoms with E-state index in [0.29, 0.717) is 16.9 Å². The number of nitrogens with zero attached hydrogens (tertiary/aromatic N) is 1. The van der Waals surface area contributed by atoms with Crippen molar-refractivity contribution in [3.63, 3.8) is 0 Å². The first-order valence-electron chi connectivity index (χ1n) is 5.93. The van der Waals surface area contributed by atoms with Crippen LogP contribution in [-0.4, -0.2) is 35.0 Å². The number of carbonyl (C=O) groups excluding carboxylic acids is 1. The summed E-state index contributed by atoms with van der Waals surface area (Å²) in [6.07, 6.45) is 1.98. The first kappa shape index (κ1) is 14.0. The Morgan fingerprint density at radius 2 is 2.11 bits per heavy atom. The van der Waals surface area contributed by atoms with E-state index in [2.05, 4.69) is 15.9 Å². The minimum atomic E-state index is -1.09. The SMILES string of the molecule is O=C(O)CN(CC1CC1)C(=O)c1ccc(Br)cc1F. The van der Waals surface area contributed by atoms with Crippen LogP contribution in [-0.2, 0) is 4.79 Å². The van der Waals surface area contributed by atoms with Gasteiger partial charge in [0.25, 0.3) is 5.91 Å². The van der Waals surface area contributed by atoms with Gasteiger partial charge in [-0.3, -0.25) is 9.59 Å². The first-order valence-corrected chi connectivity index (χ1v) is 6.73. The number of hydrogen-bond acceptors (Lipinski definition) is 2. The number of carboxylic acid groups (broad SMARTS) is 1. The number of carboxylic acids is 1. The summed E-state index contributed by atoms with van der Waals surface area (Å²) in [7, 11) is 0. The van der Waals surface area contributed by atoms with Crippen molar-refractivity contribution in [2.24, 2.45) is 5.92 Å². The van der Waals surface area contributed by atoms with Crippen molar-refractivity contribution < 1.29 is 19.1 Å². The first-order chi connectivity index (χ1) is 8.97. The highest BCUT2D eigenvalue weighted by molar-refractivity contribution is 9.10. The molecular weight excluding hydrogens is 317 g/mol. The number of hydrogen-bond donors (Lipinski definition) is 1. The number of halogens is 2. The largest absolute Gasteiger partial charge is 0.480 e. The van der Waals surface area contributed by atoms with Gasteiger partial charge in [0.15, 0.2) is 0 Å². The van der Waals surface area contributed by atoms with Gasteiger partial charge in [-0.2, -0.15) is 0 Å². The van der Waals surface area contributed by atoms with Crippen LogP contribution in [0.5, 0.6) is 0 Å². The molecule has 19 heavy (non-hydrogen) atoms. The monoisotopic (exact) mass is 329 g/mol. The summed E-state index contributed by atoms with van der Waals surface area (Å²) < 4.78 is 14.3. The van der Waals surface area contributed by atoms with E-state index in [0.717, 1.165) is 12.8 Å². The van der Waals surface area contributed by atoms with E-state index >= 15 is 0 Å².